The van der Waals surface area contributed by atoms with Crippen LogP contribution in [-0.4, -0.2) is 29.8 Å². The number of furan rings is 1. The van der Waals surface area contributed by atoms with Gasteiger partial charge < -0.3 is 19.0 Å². The lowest BCUT2D eigenvalue weighted by molar-refractivity contribution is 0.000804. The minimum atomic E-state index is 0.0518. The zero-order valence-corrected chi connectivity index (χ0v) is 14.4. The molecule has 4 rings (SSSR count). The molecule has 1 N–H and O–H groups in total. The summed E-state index contributed by atoms with van der Waals surface area (Å²) in [5, 5.41) is 9.36. The summed E-state index contributed by atoms with van der Waals surface area (Å²) in [7, 11) is 0. The van der Waals surface area contributed by atoms with Crippen molar-refractivity contribution in [3.05, 3.63) is 53.0 Å². The predicted molar refractivity (Wildman–Crippen MR) is 93.2 cm³/mol. The molecule has 5 nitrogen and oxygen atoms in total. The van der Waals surface area contributed by atoms with Crippen LogP contribution >= 0.6 is 0 Å². The first-order chi connectivity index (χ1) is 12.3. The molecule has 0 bridgehead atoms. The van der Waals surface area contributed by atoms with Gasteiger partial charge in [-0.25, -0.2) is 0 Å². The van der Waals surface area contributed by atoms with Crippen molar-refractivity contribution in [1.29, 1.82) is 0 Å². The number of hydrogen-bond donors (Lipinski definition) is 1. The van der Waals surface area contributed by atoms with E-state index < -0.39 is 0 Å². The van der Waals surface area contributed by atoms with Crippen LogP contribution in [0, 0.1) is 0 Å². The summed E-state index contributed by atoms with van der Waals surface area (Å²) in [5.41, 5.74) is 2.03. The molecule has 1 saturated heterocycles. The number of rotatable bonds is 4. The summed E-state index contributed by atoms with van der Waals surface area (Å²) >= 11 is 0. The zero-order valence-electron chi connectivity index (χ0n) is 14.4. The second-order valence-corrected chi connectivity index (χ2v) is 6.82. The van der Waals surface area contributed by atoms with Crippen LogP contribution in [-0.2, 0) is 24.4 Å². The van der Waals surface area contributed by atoms with Crippen molar-refractivity contribution in [1.82, 2.24) is 4.90 Å². The van der Waals surface area contributed by atoms with Crippen molar-refractivity contribution in [2.24, 2.45) is 0 Å². The first-order valence-corrected chi connectivity index (χ1v) is 9.10. The van der Waals surface area contributed by atoms with Gasteiger partial charge in [0.2, 0.25) is 0 Å². The molecule has 1 aromatic heterocycles. The van der Waals surface area contributed by atoms with Crippen molar-refractivity contribution < 1.29 is 19.0 Å². The Morgan fingerprint density at radius 2 is 2.08 bits per heavy atom. The maximum atomic E-state index is 9.36. The lowest BCUT2D eigenvalue weighted by Crippen LogP contribution is -2.25. The Bertz CT molecular complexity index is 705. The van der Waals surface area contributed by atoms with E-state index in [-0.39, 0.29) is 12.7 Å². The Balaban J connectivity index is 1.44. The average Bonchev–Trinajstić information content (AvgIpc) is 3.02. The smallest absolute Gasteiger partial charge is 0.133 e. The average molecular weight is 343 g/mol. The maximum Gasteiger partial charge on any atom is 0.133 e. The van der Waals surface area contributed by atoms with Crippen LogP contribution in [0.1, 0.15) is 48.0 Å². The molecule has 25 heavy (non-hydrogen) atoms. The molecule has 0 aliphatic carbocycles. The summed E-state index contributed by atoms with van der Waals surface area (Å²) < 4.78 is 17.7. The lowest BCUT2D eigenvalue weighted by atomic mass is 10.1. The van der Waals surface area contributed by atoms with E-state index in [4.69, 9.17) is 13.9 Å². The summed E-state index contributed by atoms with van der Waals surface area (Å²) in [6, 6.07) is 10.0. The number of aliphatic hydroxyl groups excluding tert-OH is 1. The first kappa shape index (κ1) is 16.6. The largest absolute Gasteiger partial charge is 0.492 e. The Kier molecular flexibility index (Phi) is 5.06. The van der Waals surface area contributed by atoms with Gasteiger partial charge in [0.1, 0.15) is 30.0 Å². The fourth-order valence-electron chi connectivity index (χ4n) is 3.57. The first-order valence-electron chi connectivity index (χ1n) is 9.10. The third-order valence-corrected chi connectivity index (χ3v) is 4.93. The van der Waals surface area contributed by atoms with E-state index in [0.29, 0.717) is 6.61 Å². The molecule has 1 aromatic carbocycles. The molecule has 0 saturated carbocycles. The fourth-order valence-corrected chi connectivity index (χ4v) is 3.57. The quantitative estimate of drug-likeness (QED) is 0.922. The summed E-state index contributed by atoms with van der Waals surface area (Å²) in [6.07, 6.45) is 3.51. The monoisotopic (exact) mass is 343 g/mol. The Labute approximate surface area is 148 Å². The van der Waals surface area contributed by atoms with Gasteiger partial charge in [0.15, 0.2) is 0 Å². The zero-order chi connectivity index (χ0) is 17.1. The molecule has 0 spiro atoms. The predicted octanol–water partition coefficient (Wildman–Crippen LogP) is 3.41. The van der Waals surface area contributed by atoms with Crippen LogP contribution in [0.5, 0.6) is 5.75 Å². The maximum absolute atomic E-state index is 9.36. The number of hydrogen-bond acceptors (Lipinski definition) is 5. The van der Waals surface area contributed by atoms with Crippen LogP contribution in [0.4, 0.5) is 0 Å². The highest BCUT2D eigenvalue weighted by atomic mass is 16.5. The molecule has 0 radical (unpaired) electrons. The standard InChI is InChI=1S/C20H25NO4/c22-14-15-4-6-18-16(11-15)12-21(8-10-24-18)13-17-5-7-20(25-17)19-3-1-2-9-23-19/h4-7,11,19,22H,1-3,8-10,12-14H2/t19-/m1/s1. The van der Waals surface area contributed by atoms with Crippen molar-refractivity contribution in [2.75, 3.05) is 19.8 Å². The molecular weight excluding hydrogens is 318 g/mol. The highest BCUT2D eigenvalue weighted by Gasteiger charge is 2.21. The van der Waals surface area contributed by atoms with E-state index >= 15 is 0 Å². The molecular formula is C20H25NO4. The number of fused-ring (bicyclic) bond motifs is 1. The second-order valence-electron chi connectivity index (χ2n) is 6.82. The fraction of sp³-hybridized carbons (Fsp3) is 0.500. The van der Waals surface area contributed by atoms with Crippen molar-refractivity contribution >= 4 is 0 Å². The van der Waals surface area contributed by atoms with E-state index in [1.165, 1.54) is 6.42 Å². The van der Waals surface area contributed by atoms with Crippen LogP contribution in [0.2, 0.25) is 0 Å². The van der Waals surface area contributed by atoms with E-state index in [9.17, 15) is 5.11 Å². The minimum Gasteiger partial charge on any atom is -0.492 e. The van der Waals surface area contributed by atoms with Gasteiger partial charge in [0.25, 0.3) is 0 Å². The number of benzene rings is 1. The van der Waals surface area contributed by atoms with Crippen molar-refractivity contribution in [3.8, 4) is 5.75 Å². The van der Waals surface area contributed by atoms with Gasteiger partial charge in [-0.3, -0.25) is 4.90 Å². The minimum absolute atomic E-state index is 0.0518. The highest BCUT2D eigenvalue weighted by Crippen LogP contribution is 2.30. The van der Waals surface area contributed by atoms with E-state index in [1.807, 2.05) is 18.2 Å². The van der Waals surface area contributed by atoms with Gasteiger partial charge in [-0.15, -0.1) is 0 Å². The van der Waals surface area contributed by atoms with E-state index in [2.05, 4.69) is 17.0 Å². The van der Waals surface area contributed by atoms with Gasteiger partial charge in [0, 0.05) is 25.3 Å². The van der Waals surface area contributed by atoms with Gasteiger partial charge in [-0.1, -0.05) is 6.07 Å². The summed E-state index contributed by atoms with van der Waals surface area (Å²) in [4.78, 5) is 2.32. The van der Waals surface area contributed by atoms with E-state index in [0.717, 1.165) is 67.5 Å². The molecule has 134 valence electrons. The van der Waals surface area contributed by atoms with E-state index in [1.54, 1.807) is 0 Å². The van der Waals surface area contributed by atoms with Crippen LogP contribution in [0.15, 0.2) is 34.7 Å². The van der Waals surface area contributed by atoms with Crippen LogP contribution in [0.25, 0.3) is 0 Å². The Morgan fingerprint density at radius 1 is 1.12 bits per heavy atom. The van der Waals surface area contributed by atoms with Crippen LogP contribution in [0.3, 0.4) is 0 Å². The molecule has 3 heterocycles. The van der Waals surface area contributed by atoms with Crippen LogP contribution < -0.4 is 4.74 Å². The molecule has 1 atom stereocenters. The third kappa shape index (κ3) is 3.89. The highest BCUT2D eigenvalue weighted by molar-refractivity contribution is 5.37. The molecule has 5 heteroatoms. The number of nitrogens with zero attached hydrogens (tertiary/aromatic N) is 1. The molecule has 2 aliphatic rings. The molecule has 2 aromatic rings. The second kappa shape index (κ2) is 7.60. The summed E-state index contributed by atoms with van der Waals surface area (Å²) in [5.74, 6) is 2.82. The van der Waals surface area contributed by atoms with Gasteiger partial charge in [-0.05, 0) is 49.1 Å². The normalized spacial score (nSPS) is 21.4. The van der Waals surface area contributed by atoms with Crippen molar-refractivity contribution in [3.63, 3.8) is 0 Å². The van der Waals surface area contributed by atoms with Crippen molar-refractivity contribution in [2.45, 2.75) is 45.1 Å². The Morgan fingerprint density at radius 3 is 2.92 bits per heavy atom. The third-order valence-electron chi connectivity index (χ3n) is 4.93. The lowest BCUT2D eigenvalue weighted by Gasteiger charge is -2.21. The topological polar surface area (TPSA) is 55.1 Å². The summed E-state index contributed by atoms with van der Waals surface area (Å²) in [6.45, 7) is 3.92. The van der Waals surface area contributed by atoms with Gasteiger partial charge in [0.05, 0.1) is 13.2 Å². The molecule has 0 unspecified atom stereocenters. The molecule has 2 aliphatic heterocycles. The SMILES string of the molecule is OCc1ccc2c(c1)CN(Cc1ccc([C@H]3CCCCO3)o1)CCO2. The number of aliphatic hydroxyl groups is 1. The number of ether oxygens (including phenoxy) is 2. The molecule has 1 fully saturated rings. The van der Waals surface area contributed by atoms with Gasteiger partial charge in [-0.2, -0.15) is 0 Å². The molecule has 0 amide bonds. The Hall–Kier alpha value is -1.82. The van der Waals surface area contributed by atoms with Gasteiger partial charge >= 0.3 is 0 Å².